The molecule has 0 aromatic carbocycles. The van der Waals surface area contributed by atoms with Crippen LogP contribution in [-0.2, 0) is 14.3 Å². The van der Waals surface area contributed by atoms with Crippen LogP contribution in [0.3, 0.4) is 0 Å². The fourth-order valence-corrected chi connectivity index (χ4v) is 2.27. The van der Waals surface area contributed by atoms with E-state index in [1.807, 2.05) is 6.92 Å². The van der Waals surface area contributed by atoms with E-state index in [0.29, 0.717) is 26.0 Å². The summed E-state index contributed by atoms with van der Waals surface area (Å²) in [6, 6.07) is -0.832. The number of aliphatic carboxylic acids is 1. The average molecular weight is 272 g/mol. The smallest absolute Gasteiger partial charge is 0.326 e. The molecule has 0 aromatic rings. The first-order chi connectivity index (χ1) is 8.99. The predicted octanol–water partition coefficient (Wildman–Crippen LogP) is 0.372. The van der Waals surface area contributed by atoms with E-state index in [4.69, 9.17) is 9.84 Å². The number of nitrogens with one attached hydrogen (secondary N) is 2. The van der Waals surface area contributed by atoms with Gasteiger partial charge >= 0.3 is 5.97 Å². The summed E-state index contributed by atoms with van der Waals surface area (Å²) in [7, 11) is 1.57. The minimum atomic E-state index is -0.989. The zero-order valence-corrected chi connectivity index (χ0v) is 11.7. The molecule has 1 fully saturated rings. The van der Waals surface area contributed by atoms with E-state index in [9.17, 15) is 9.59 Å². The van der Waals surface area contributed by atoms with Crippen molar-refractivity contribution in [3.63, 3.8) is 0 Å². The van der Waals surface area contributed by atoms with Gasteiger partial charge < -0.3 is 20.5 Å². The summed E-state index contributed by atoms with van der Waals surface area (Å²) >= 11 is 0. The van der Waals surface area contributed by atoms with Gasteiger partial charge in [-0.2, -0.15) is 0 Å². The second kappa shape index (κ2) is 7.45. The van der Waals surface area contributed by atoms with Gasteiger partial charge in [-0.1, -0.05) is 0 Å². The molecule has 1 heterocycles. The molecule has 0 aliphatic carbocycles. The highest BCUT2D eigenvalue weighted by Crippen LogP contribution is 2.25. The number of carbonyl (C=O) groups excluding carboxylic acids is 1. The minimum Gasteiger partial charge on any atom is -0.480 e. The molecule has 0 bridgehead atoms. The molecule has 0 saturated carbocycles. The van der Waals surface area contributed by atoms with Crippen molar-refractivity contribution in [1.82, 2.24) is 10.6 Å². The quantitative estimate of drug-likeness (QED) is 0.583. The molecule has 1 saturated heterocycles. The summed E-state index contributed by atoms with van der Waals surface area (Å²) in [6.45, 7) is 3.89. The van der Waals surface area contributed by atoms with Crippen molar-refractivity contribution >= 4 is 11.9 Å². The summed E-state index contributed by atoms with van der Waals surface area (Å²) in [5, 5.41) is 15.0. The molecule has 0 radical (unpaired) electrons. The fraction of sp³-hybridized carbons (Fsp3) is 0.846. The summed E-state index contributed by atoms with van der Waals surface area (Å²) in [4.78, 5) is 23.4. The Bertz CT molecular complexity index is 314. The fourth-order valence-electron chi connectivity index (χ4n) is 2.27. The van der Waals surface area contributed by atoms with Gasteiger partial charge in [-0.15, -0.1) is 0 Å². The van der Waals surface area contributed by atoms with Gasteiger partial charge in [0.1, 0.15) is 6.04 Å². The van der Waals surface area contributed by atoms with E-state index in [1.165, 1.54) is 0 Å². The first-order valence-electron chi connectivity index (χ1n) is 6.73. The van der Waals surface area contributed by atoms with Crippen molar-refractivity contribution in [3.05, 3.63) is 0 Å². The molecule has 0 aromatic heterocycles. The second-order valence-electron chi connectivity index (χ2n) is 5.34. The Morgan fingerprint density at radius 3 is 2.79 bits per heavy atom. The van der Waals surface area contributed by atoms with Crippen molar-refractivity contribution in [3.8, 4) is 0 Å². The van der Waals surface area contributed by atoms with Crippen LogP contribution in [-0.4, -0.2) is 49.8 Å². The van der Waals surface area contributed by atoms with Crippen LogP contribution < -0.4 is 10.6 Å². The first-order valence-corrected chi connectivity index (χ1v) is 6.73. The lowest BCUT2D eigenvalue weighted by Gasteiger charge is -2.33. The monoisotopic (exact) mass is 272 g/mol. The Morgan fingerprint density at radius 2 is 2.26 bits per heavy atom. The number of hydrogen-bond acceptors (Lipinski definition) is 4. The molecule has 0 spiro atoms. The highest BCUT2D eigenvalue weighted by molar-refractivity contribution is 5.87. The van der Waals surface area contributed by atoms with Gasteiger partial charge in [0.25, 0.3) is 0 Å². The number of carboxylic acids is 1. The number of piperidine rings is 1. The second-order valence-corrected chi connectivity index (χ2v) is 5.34. The number of methoxy groups -OCH3 is 1. The van der Waals surface area contributed by atoms with Crippen LogP contribution in [0, 0.1) is 5.41 Å². The number of carboxylic acid groups (broad SMARTS) is 1. The average Bonchev–Trinajstić information content (AvgIpc) is 2.38. The van der Waals surface area contributed by atoms with Crippen LogP contribution in [0.1, 0.15) is 32.6 Å². The maximum absolute atomic E-state index is 12.2. The molecule has 1 rings (SSSR count). The number of hydrogen-bond donors (Lipinski definition) is 3. The van der Waals surface area contributed by atoms with Crippen molar-refractivity contribution in [2.24, 2.45) is 5.41 Å². The lowest BCUT2D eigenvalue weighted by Crippen LogP contribution is -2.52. The Kier molecular flexibility index (Phi) is 6.24. The molecule has 1 aliphatic rings. The Balaban J connectivity index is 2.52. The van der Waals surface area contributed by atoms with Crippen molar-refractivity contribution < 1.29 is 19.4 Å². The molecule has 2 atom stereocenters. The third-order valence-electron chi connectivity index (χ3n) is 3.59. The van der Waals surface area contributed by atoms with E-state index < -0.39 is 17.4 Å². The maximum atomic E-state index is 12.2. The van der Waals surface area contributed by atoms with Crippen LogP contribution in [0.4, 0.5) is 0 Å². The SMILES string of the molecule is COCCCC(NC(=O)C1(C)CCCNC1)C(=O)O. The lowest BCUT2D eigenvalue weighted by molar-refractivity contribution is -0.144. The van der Waals surface area contributed by atoms with Gasteiger partial charge in [0.15, 0.2) is 0 Å². The predicted molar refractivity (Wildman–Crippen MR) is 70.9 cm³/mol. The first kappa shape index (κ1) is 15.9. The topological polar surface area (TPSA) is 87.7 Å². The Hall–Kier alpha value is -1.14. The zero-order valence-electron chi connectivity index (χ0n) is 11.7. The van der Waals surface area contributed by atoms with Crippen LogP contribution in [0.25, 0.3) is 0 Å². The molecule has 6 nitrogen and oxygen atoms in total. The van der Waals surface area contributed by atoms with Crippen LogP contribution >= 0.6 is 0 Å². The third kappa shape index (κ3) is 4.80. The summed E-state index contributed by atoms with van der Waals surface area (Å²) in [5.74, 6) is -1.17. The normalized spacial score (nSPS) is 24.7. The van der Waals surface area contributed by atoms with E-state index in [-0.39, 0.29) is 5.91 Å². The maximum Gasteiger partial charge on any atom is 0.326 e. The minimum absolute atomic E-state index is 0.176. The molecule has 1 aliphatic heterocycles. The summed E-state index contributed by atoms with van der Waals surface area (Å²) in [6.07, 6.45) is 2.72. The molecule has 110 valence electrons. The van der Waals surface area contributed by atoms with Crippen LogP contribution in [0.2, 0.25) is 0 Å². The third-order valence-corrected chi connectivity index (χ3v) is 3.59. The summed E-state index contributed by atoms with van der Waals surface area (Å²) in [5.41, 5.74) is -0.507. The van der Waals surface area contributed by atoms with E-state index in [2.05, 4.69) is 10.6 Å². The number of rotatable bonds is 7. The van der Waals surface area contributed by atoms with Crippen molar-refractivity contribution in [2.75, 3.05) is 26.8 Å². The Morgan fingerprint density at radius 1 is 1.53 bits per heavy atom. The number of amides is 1. The molecule has 2 unspecified atom stereocenters. The van der Waals surface area contributed by atoms with Gasteiger partial charge in [0, 0.05) is 20.3 Å². The van der Waals surface area contributed by atoms with Crippen molar-refractivity contribution in [1.29, 1.82) is 0 Å². The summed E-state index contributed by atoms with van der Waals surface area (Å²) < 4.78 is 4.90. The highest BCUT2D eigenvalue weighted by atomic mass is 16.5. The Labute approximate surface area is 113 Å². The standard InChI is InChI=1S/C13H24N2O4/c1-13(6-4-7-14-9-13)12(18)15-10(11(16)17)5-3-8-19-2/h10,14H,3-9H2,1-2H3,(H,15,18)(H,16,17). The molecule has 19 heavy (non-hydrogen) atoms. The highest BCUT2D eigenvalue weighted by Gasteiger charge is 2.36. The molecule has 6 heteroatoms. The number of carbonyl (C=O) groups is 2. The van der Waals surface area contributed by atoms with Gasteiger partial charge in [0.05, 0.1) is 5.41 Å². The van der Waals surface area contributed by atoms with Crippen molar-refractivity contribution in [2.45, 2.75) is 38.6 Å². The molecule has 1 amide bonds. The molecule has 3 N–H and O–H groups in total. The van der Waals surface area contributed by atoms with E-state index in [1.54, 1.807) is 7.11 Å². The van der Waals surface area contributed by atoms with E-state index >= 15 is 0 Å². The molecular weight excluding hydrogens is 248 g/mol. The van der Waals surface area contributed by atoms with Gasteiger partial charge in [-0.25, -0.2) is 4.79 Å². The molecular formula is C13H24N2O4. The lowest BCUT2D eigenvalue weighted by atomic mass is 9.81. The zero-order chi connectivity index (χ0) is 14.3. The van der Waals surface area contributed by atoms with Gasteiger partial charge in [0.2, 0.25) is 5.91 Å². The van der Waals surface area contributed by atoms with Crippen LogP contribution in [0.15, 0.2) is 0 Å². The largest absolute Gasteiger partial charge is 0.480 e. The van der Waals surface area contributed by atoms with Gasteiger partial charge in [-0.3, -0.25) is 4.79 Å². The van der Waals surface area contributed by atoms with Gasteiger partial charge in [-0.05, 0) is 39.2 Å². The van der Waals surface area contributed by atoms with Crippen LogP contribution in [0.5, 0.6) is 0 Å². The number of ether oxygens (including phenoxy) is 1. The van der Waals surface area contributed by atoms with E-state index in [0.717, 1.165) is 19.4 Å².